The molecule has 4 fully saturated rings. The first kappa shape index (κ1) is 21.4. The molecule has 33 heavy (non-hydrogen) atoms. The van der Waals surface area contributed by atoms with Crippen LogP contribution in [0.15, 0.2) is 24.3 Å². The van der Waals surface area contributed by atoms with Gasteiger partial charge in [0.25, 0.3) is 0 Å². The van der Waals surface area contributed by atoms with Crippen molar-refractivity contribution in [3.63, 3.8) is 0 Å². The molecule has 4 aliphatic heterocycles. The lowest BCUT2D eigenvalue weighted by Gasteiger charge is -2.52. The van der Waals surface area contributed by atoms with Crippen LogP contribution >= 0.6 is 0 Å². The van der Waals surface area contributed by atoms with Gasteiger partial charge in [-0.05, 0) is 68.9 Å². The van der Waals surface area contributed by atoms with Crippen molar-refractivity contribution >= 4 is 11.8 Å². The minimum atomic E-state index is -0.568. The molecule has 2 atom stereocenters. The number of hydrogen-bond donors (Lipinski definition) is 1. The first-order valence-corrected chi connectivity index (χ1v) is 12.6. The second-order valence-corrected chi connectivity index (χ2v) is 10.7. The Morgan fingerprint density at radius 1 is 1.00 bits per heavy atom. The smallest absolute Gasteiger partial charge is 0.246 e. The summed E-state index contributed by atoms with van der Waals surface area (Å²) in [6.07, 6.45) is 7.68. The normalized spacial score (nSPS) is 35.9. The standard InChI is InChI=1S/C26H34N2O5/c29-23-15-31-17-26(27-23)10-3-13-28-22(26)14-32-19-8-6-18(7-9-19)20-4-1-2-5-21(20)33-16-25(11-12-25)24(28)30/h1-2,4-5,18-19,22H,3,6-17H2,(H,27,29)/t18?,19?,22-,26+/m0/s1. The van der Waals surface area contributed by atoms with Crippen LogP contribution in [0.1, 0.15) is 62.8 Å². The summed E-state index contributed by atoms with van der Waals surface area (Å²) in [7, 11) is 0. The minimum Gasteiger partial charge on any atom is -0.492 e. The summed E-state index contributed by atoms with van der Waals surface area (Å²) in [6.45, 7) is 2.07. The van der Waals surface area contributed by atoms with Gasteiger partial charge in [0.1, 0.15) is 19.0 Å². The summed E-state index contributed by atoms with van der Waals surface area (Å²) in [5, 5.41) is 3.22. The molecule has 7 heteroatoms. The zero-order valence-electron chi connectivity index (χ0n) is 19.2. The number of carbonyl (C=O) groups is 2. The van der Waals surface area contributed by atoms with Crippen LogP contribution in [0.2, 0.25) is 0 Å². The number of benzene rings is 1. The molecule has 2 bridgehead atoms. The first-order valence-electron chi connectivity index (χ1n) is 12.6. The Kier molecular flexibility index (Phi) is 5.37. The molecule has 1 aromatic carbocycles. The van der Waals surface area contributed by atoms with Crippen molar-refractivity contribution in [3.05, 3.63) is 29.8 Å². The molecule has 0 radical (unpaired) electrons. The van der Waals surface area contributed by atoms with Gasteiger partial charge in [-0.1, -0.05) is 18.2 Å². The third-order valence-electron chi connectivity index (χ3n) is 8.61. The molecule has 1 aromatic rings. The van der Waals surface area contributed by atoms with Gasteiger partial charge in [-0.3, -0.25) is 9.59 Å². The van der Waals surface area contributed by atoms with Gasteiger partial charge in [0.15, 0.2) is 0 Å². The SMILES string of the molecule is O=C1COC[C@@]2(CCCN3C(=O)C4(CC4)COc4ccccc4C4CCC(CC4)OC[C@H]32)N1. The van der Waals surface area contributed by atoms with Crippen molar-refractivity contribution in [3.8, 4) is 5.75 Å². The minimum absolute atomic E-state index is 0.0878. The van der Waals surface area contributed by atoms with Crippen LogP contribution in [0.4, 0.5) is 0 Å². The Labute approximate surface area is 195 Å². The van der Waals surface area contributed by atoms with Crippen LogP contribution in [0, 0.1) is 5.41 Å². The fourth-order valence-corrected chi connectivity index (χ4v) is 6.48. The number of amides is 2. The number of carbonyl (C=O) groups excluding carboxylic acids is 2. The van der Waals surface area contributed by atoms with Crippen molar-refractivity contribution in [2.75, 3.05) is 33.0 Å². The van der Waals surface area contributed by atoms with Gasteiger partial charge in [-0.2, -0.15) is 0 Å². The van der Waals surface area contributed by atoms with Crippen LogP contribution < -0.4 is 10.1 Å². The second-order valence-electron chi connectivity index (χ2n) is 10.7. The lowest BCUT2D eigenvalue weighted by molar-refractivity contribution is -0.159. The molecule has 2 spiro atoms. The summed E-state index contributed by atoms with van der Waals surface area (Å²) in [5.41, 5.74) is 0.237. The van der Waals surface area contributed by atoms with E-state index in [4.69, 9.17) is 14.2 Å². The summed E-state index contributed by atoms with van der Waals surface area (Å²) < 4.78 is 18.6. The Hall–Kier alpha value is -2.12. The molecular formula is C26H34N2O5. The van der Waals surface area contributed by atoms with E-state index in [0.717, 1.165) is 57.1 Å². The molecule has 7 nitrogen and oxygen atoms in total. The summed E-state index contributed by atoms with van der Waals surface area (Å²) >= 11 is 0. The molecule has 2 amide bonds. The van der Waals surface area contributed by atoms with Gasteiger partial charge in [0.2, 0.25) is 11.8 Å². The predicted octanol–water partition coefficient (Wildman–Crippen LogP) is 2.78. The highest BCUT2D eigenvalue weighted by molar-refractivity contribution is 5.86. The lowest BCUT2D eigenvalue weighted by Crippen LogP contribution is -2.72. The van der Waals surface area contributed by atoms with E-state index < -0.39 is 11.0 Å². The van der Waals surface area contributed by atoms with Crippen molar-refractivity contribution in [1.82, 2.24) is 10.2 Å². The molecule has 7 rings (SSSR count). The Morgan fingerprint density at radius 2 is 1.82 bits per heavy atom. The van der Waals surface area contributed by atoms with Crippen molar-refractivity contribution in [2.45, 2.75) is 75.0 Å². The average molecular weight is 455 g/mol. The zero-order chi connectivity index (χ0) is 22.5. The number of morpholine rings is 1. The molecular weight excluding hydrogens is 420 g/mol. The summed E-state index contributed by atoms with van der Waals surface area (Å²) in [5.74, 6) is 1.45. The molecule has 2 saturated carbocycles. The molecule has 4 heterocycles. The Bertz CT molecular complexity index is 919. The van der Waals surface area contributed by atoms with Crippen molar-refractivity contribution < 1.29 is 23.8 Å². The number of rotatable bonds is 0. The maximum absolute atomic E-state index is 13.9. The van der Waals surface area contributed by atoms with E-state index in [1.54, 1.807) is 0 Å². The summed E-state index contributed by atoms with van der Waals surface area (Å²) in [6, 6.07) is 8.13. The van der Waals surface area contributed by atoms with E-state index in [2.05, 4.69) is 23.5 Å². The lowest BCUT2D eigenvalue weighted by atomic mass is 9.79. The third kappa shape index (κ3) is 3.83. The molecule has 178 valence electrons. The van der Waals surface area contributed by atoms with E-state index in [1.165, 1.54) is 5.56 Å². The van der Waals surface area contributed by atoms with E-state index in [0.29, 0.717) is 32.3 Å². The topological polar surface area (TPSA) is 77.1 Å². The maximum Gasteiger partial charge on any atom is 0.246 e. The number of piperidine rings is 1. The van der Waals surface area contributed by atoms with E-state index in [9.17, 15) is 9.59 Å². The van der Waals surface area contributed by atoms with Crippen LogP contribution in [-0.4, -0.2) is 67.4 Å². The van der Waals surface area contributed by atoms with E-state index in [-0.39, 0.29) is 30.6 Å². The van der Waals surface area contributed by atoms with E-state index in [1.807, 2.05) is 11.0 Å². The largest absolute Gasteiger partial charge is 0.492 e. The number of fused-ring (bicyclic) bond motifs is 4. The number of para-hydroxylation sites is 1. The number of hydrogen-bond acceptors (Lipinski definition) is 5. The number of ether oxygens (including phenoxy) is 3. The van der Waals surface area contributed by atoms with Gasteiger partial charge in [0.05, 0.1) is 36.3 Å². The van der Waals surface area contributed by atoms with Gasteiger partial charge in [-0.15, -0.1) is 0 Å². The highest BCUT2D eigenvalue weighted by Crippen LogP contribution is 2.50. The highest BCUT2D eigenvalue weighted by Gasteiger charge is 2.57. The Morgan fingerprint density at radius 3 is 2.61 bits per heavy atom. The summed E-state index contributed by atoms with van der Waals surface area (Å²) in [4.78, 5) is 28.3. The fraction of sp³-hybridized carbons (Fsp3) is 0.692. The zero-order valence-corrected chi connectivity index (χ0v) is 19.2. The maximum atomic E-state index is 13.9. The van der Waals surface area contributed by atoms with Gasteiger partial charge >= 0.3 is 0 Å². The molecule has 0 unspecified atom stereocenters. The highest BCUT2D eigenvalue weighted by atomic mass is 16.5. The predicted molar refractivity (Wildman–Crippen MR) is 121 cm³/mol. The van der Waals surface area contributed by atoms with Crippen molar-refractivity contribution in [2.24, 2.45) is 5.41 Å². The molecule has 2 aliphatic carbocycles. The third-order valence-corrected chi connectivity index (χ3v) is 8.61. The van der Waals surface area contributed by atoms with E-state index >= 15 is 0 Å². The van der Waals surface area contributed by atoms with Crippen LogP contribution in [0.5, 0.6) is 5.75 Å². The van der Waals surface area contributed by atoms with Gasteiger partial charge in [0, 0.05) is 6.54 Å². The Balaban J connectivity index is 1.34. The molecule has 6 aliphatic rings. The molecule has 0 aromatic heterocycles. The van der Waals surface area contributed by atoms with Crippen LogP contribution in [0.3, 0.4) is 0 Å². The number of nitrogens with zero attached hydrogens (tertiary/aromatic N) is 1. The van der Waals surface area contributed by atoms with Crippen molar-refractivity contribution in [1.29, 1.82) is 0 Å². The monoisotopic (exact) mass is 454 g/mol. The second kappa shape index (κ2) is 8.27. The molecule has 2 saturated heterocycles. The molecule has 1 N–H and O–H groups in total. The quantitative estimate of drug-likeness (QED) is 0.652. The average Bonchev–Trinajstić information content (AvgIpc) is 3.63. The van der Waals surface area contributed by atoms with Gasteiger partial charge < -0.3 is 24.4 Å². The van der Waals surface area contributed by atoms with Crippen LogP contribution in [0.25, 0.3) is 0 Å². The number of nitrogens with one attached hydrogen (secondary N) is 1. The first-order chi connectivity index (χ1) is 16.1. The van der Waals surface area contributed by atoms with Crippen LogP contribution in [-0.2, 0) is 19.1 Å². The fourth-order valence-electron chi connectivity index (χ4n) is 6.48. The van der Waals surface area contributed by atoms with Gasteiger partial charge in [-0.25, -0.2) is 0 Å².